The monoisotopic (exact) mass is 215 g/mol. The fourth-order valence-electron chi connectivity index (χ4n) is 2.07. The van der Waals surface area contributed by atoms with E-state index in [0.29, 0.717) is 13.0 Å². The molecule has 0 spiro atoms. The van der Waals surface area contributed by atoms with E-state index in [4.69, 9.17) is 4.74 Å². The van der Waals surface area contributed by atoms with Gasteiger partial charge in [-0.1, -0.05) is 19.8 Å². The predicted octanol–water partition coefficient (Wildman–Crippen LogP) is 0.785. The Morgan fingerprint density at radius 1 is 1.53 bits per heavy atom. The molecule has 1 aliphatic heterocycles. The summed E-state index contributed by atoms with van der Waals surface area (Å²) >= 11 is 0. The first-order chi connectivity index (χ1) is 7.19. The Kier molecular flexibility index (Phi) is 5.05. The van der Waals surface area contributed by atoms with E-state index in [0.717, 1.165) is 13.0 Å². The molecule has 2 atom stereocenters. The van der Waals surface area contributed by atoms with Gasteiger partial charge >= 0.3 is 5.97 Å². The molecule has 4 nitrogen and oxygen atoms in total. The van der Waals surface area contributed by atoms with Crippen LogP contribution in [0.3, 0.4) is 0 Å². The average Bonchev–Trinajstić information content (AvgIpc) is 2.59. The van der Waals surface area contributed by atoms with E-state index in [1.807, 2.05) is 4.90 Å². The number of esters is 1. The first-order valence-corrected chi connectivity index (χ1v) is 5.69. The standard InChI is InChI=1S/C11H21NO3/c1-3-4-5-6-12-8-9(13)7-10(12)11(14)15-2/h9-10,13H,3-8H2,1-2H3. The van der Waals surface area contributed by atoms with E-state index >= 15 is 0 Å². The molecular weight excluding hydrogens is 194 g/mol. The molecule has 2 unspecified atom stereocenters. The molecule has 0 aromatic rings. The van der Waals surface area contributed by atoms with E-state index < -0.39 is 0 Å². The van der Waals surface area contributed by atoms with Gasteiger partial charge in [-0.15, -0.1) is 0 Å². The van der Waals surface area contributed by atoms with Crippen molar-refractivity contribution in [2.45, 2.75) is 44.8 Å². The molecular formula is C11H21NO3. The summed E-state index contributed by atoms with van der Waals surface area (Å²) in [4.78, 5) is 13.5. The number of aliphatic hydroxyl groups is 1. The molecule has 1 aliphatic rings. The number of hydrogen-bond acceptors (Lipinski definition) is 4. The average molecular weight is 215 g/mol. The van der Waals surface area contributed by atoms with Crippen LogP contribution >= 0.6 is 0 Å². The molecule has 0 amide bonds. The van der Waals surface area contributed by atoms with Gasteiger partial charge in [0.2, 0.25) is 0 Å². The highest BCUT2D eigenvalue weighted by Gasteiger charge is 2.35. The van der Waals surface area contributed by atoms with Crippen LogP contribution < -0.4 is 0 Å². The van der Waals surface area contributed by atoms with Crippen LogP contribution in [-0.2, 0) is 9.53 Å². The molecule has 1 heterocycles. The van der Waals surface area contributed by atoms with Gasteiger partial charge in [0.05, 0.1) is 13.2 Å². The van der Waals surface area contributed by atoms with Crippen LogP contribution in [0.25, 0.3) is 0 Å². The summed E-state index contributed by atoms with van der Waals surface area (Å²) in [6.07, 6.45) is 3.55. The summed E-state index contributed by atoms with van der Waals surface area (Å²) < 4.78 is 4.73. The van der Waals surface area contributed by atoms with Crippen molar-refractivity contribution in [2.24, 2.45) is 0 Å². The minimum atomic E-state index is -0.379. The number of carbonyl (C=O) groups is 1. The number of methoxy groups -OCH3 is 1. The van der Waals surface area contributed by atoms with Gasteiger partial charge in [-0.2, -0.15) is 0 Å². The Morgan fingerprint density at radius 2 is 2.27 bits per heavy atom. The van der Waals surface area contributed by atoms with E-state index in [9.17, 15) is 9.90 Å². The summed E-state index contributed by atoms with van der Waals surface area (Å²) in [6.45, 7) is 3.63. The van der Waals surface area contributed by atoms with Crippen molar-refractivity contribution >= 4 is 5.97 Å². The van der Waals surface area contributed by atoms with Crippen LogP contribution in [-0.4, -0.2) is 48.3 Å². The van der Waals surface area contributed by atoms with Gasteiger partial charge in [0.25, 0.3) is 0 Å². The molecule has 88 valence electrons. The number of nitrogens with zero attached hydrogens (tertiary/aromatic N) is 1. The van der Waals surface area contributed by atoms with Crippen LogP contribution in [0.15, 0.2) is 0 Å². The molecule has 15 heavy (non-hydrogen) atoms. The number of rotatable bonds is 5. The van der Waals surface area contributed by atoms with Gasteiger partial charge in [-0.25, -0.2) is 0 Å². The summed E-state index contributed by atoms with van der Waals surface area (Å²) in [6, 6.07) is -0.234. The number of aliphatic hydroxyl groups excluding tert-OH is 1. The molecule has 0 radical (unpaired) electrons. The van der Waals surface area contributed by atoms with Crippen molar-refractivity contribution < 1.29 is 14.6 Å². The summed E-state index contributed by atoms with van der Waals surface area (Å²) in [7, 11) is 1.40. The third kappa shape index (κ3) is 3.47. The number of likely N-dealkylation sites (tertiary alicyclic amines) is 1. The normalized spacial score (nSPS) is 26.9. The highest BCUT2D eigenvalue weighted by molar-refractivity contribution is 5.76. The van der Waals surface area contributed by atoms with Crippen molar-refractivity contribution in [1.29, 1.82) is 0 Å². The lowest BCUT2D eigenvalue weighted by Crippen LogP contribution is -2.37. The second kappa shape index (κ2) is 6.08. The molecule has 0 aromatic heterocycles. The molecule has 1 fully saturated rings. The first kappa shape index (κ1) is 12.5. The van der Waals surface area contributed by atoms with Crippen molar-refractivity contribution in [1.82, 2.24) is 4.90 Å². The van der Waals surface area contributed by atoms with Crippen LogP contribution in [0.2, 0.25) is 0 Å². The predicted molar refractivity (Wildman–Crippen MR) is 57.5 cm³/mol. The lowest BCUT2D eigenvalue weighted by Gasteiger charge is -2.21. The molecule has 4 heteroatoms. The number of ether oxygens (including phenoxy) is 1. The Balaban J connectivity index is 2.42. The van der Waals surface area contributed by atoms with Gasteiger partial charge < -0.3 is 9.84 Å². The maximum Gasteiger partial charge on any atom is 0.323 e. The lowest BCUT2D eigenvalue weighted by atomic mass is 10.2. The van der Waals surface area contributed by atoms with E-state index in [2.05, 4.69) is 6.92 Å². The summed E-state index contributed by atoms with van der Waals surface area (Å²) in [5.74, 6) is -0.219. The minimum absolute atomic E-state index is 0.219. The molecule has 1 rings (SSSR count). The number of hydrogen-bond donors (Lipinski definition) is 1. The Bertz CT molecular complexity index is 208. The van der Waals surface area contributed by atoms with E-state index in [1.54, 1.807) is 0 Å². The van der Waals surface area contributed by atoms with E-state index in [1.165, 1.54) is 20.0 Å². The van der Waals surface area contributed by atoms with Gasteiger partial charge in [0.1, 0.15) is 6.04 Å². The fraction of sp³-hybridized carbons (Fsp3) is 0.909. The van der Waals surface area contributed by atoms with Crippen LogP contribution in [0.4, 0.5) is 0 Å². The Hall–Kier alpha value is -0.610. The number of unbranched alkanes of at least 4 members (excludes halogenated alkanes) is 2. The van der Waals surface area contributed by atoms with Crippen molar-refractivity contribution in [2.75, 3.05) is 20.2 Å². The Labute approximate surface area is 91.2 Å². The second-order valence-corrected chi connectivity index (χ2v) is 4.13. The fourth-order valence-corrected chi connectivity index (χ4v) is 2.07. The van der Waals surface area contributed by atoms with Gasteiger partial charge in [-0.05, 0) is 13.0 Å². The zero-order chi connectivity index (χ0) is 11.3. The van der Waals surface area contributed by atoms with Crippen molar-refractivity contribution in [3.8, 4) is 0 Å². The topological polar surface area (TPSA) is 49.8 Å². The van der Waals surface area contributed by atoms with Gasteiger partial charge in [0, 0.05) is 13.0 Å². The van der Waals surface area contributed by atoms with Crippen LogP contribution in [0, 0.1) is 0 Å². The quantitative estimate of drug-likeness (QED) is 0.544. The van der Waals surface area contributed by atoms with Gasteiger partial charge in [-0.3, -0.25) is 9.69 Å². The summed E-state index contributed by atoms with van der Waals surface area (Å²) in [5, 5.41) is 9.52. The largest absolute Gasteiger partial charge is 0.468 e. The zero-order valence-corrected chi connectivity index (χ0v) is 9.61. The molecule has 1 saturated heterocycles. The van der Waals surface area contributed by atoms with Gasteiger partial charge in [0.15, 0.2) is 0 Å². The number of carbonyl (C=O) groups excluding carboxylic acids is 1. The highest BCUT2D eigenvalue weighted by Crippen LogP contribution is 2.19. The number of β-amino-alcohol motifs (C(OH)–C–C–N with tert-alkyl or cyclic N) is 1. The summed E-state index contributed by atoms with van der Waals surface area (Å²) in [5.41, 5.74) is 0. The third-order valence-electron chi connectivity index (χ3n) is 2.90. The molecule has 0 aromatic carbocycles. The molecule has 0 aliphatic carbocycles. The maximum atomic E-state index is 11.4. The lowest BCUT2D eigenvalue weighted by molar-refractivity contribution is -0.145. The smallest absolute Gasteiger partial charge is 0.323 e. The highest BCUT2D eigenvalue weighted by atomic mass is 16.5. The molecule has 1 N–H and O–H groups in total. The molecule has 0 bridgehead atoms. The van der Waals surface area contributed by atoms with Crippen LogP contribution in [0.1, 0.15) is 32.6 Å². The zero-order valence-electron chi connectivity index (χ0n) is 9.61. The van der Waals surface area contributed by atoms with Crippen molar-refractivity contribution in [3.63, 3.8) is 0 Å². The Morgan fingerprint density at radius 3 is 2.87 bits per heavy atom. The van der Waals surface area contributed by atoms with Crippen LogP contribution in [0.5, 0.6) is 0 Å². The SMILES string of the molecule is CCCCCN1CC(O)CC1C(=O)OC. The molecule has 0 saturated carbocycles. The van der Waals surface area contributed by atoms with E-state index in [-0.39, 0.29) is 18.1 Å². The second-order valence-electron chi connectivity index (χ2n) is 4.13. The third-order valence-corrected chi connectivity index (χ3v) is 2.90. The minimum Gasteiger partial charge on any atom is -0.468 e. The van der Waals surface area contributed by atoms with Crippen molar-refractivity contribution in [3.05, 3.63) is 0 Å². The maximum absolute atomic E-state index is 11.4. The first-order valence-electron chi connectivity index (χ1n) is 5.69.